The van der Waals surface area contributed by atoms with Gasteiger partial charge in [0.05, 0.1) is 16.2 Å². The van der Waals surface area contributed by atoms with E-state index in [0.717, 1.165) is 16.5 Å². The van der Waals surface area contributed by atoms with Crippen molar-refractivity contribution in [3.63, 3.8) is 0 Å². The number of nitrogens with zero attached hydrogens (tertiary/aromatic N) is 4. The molecule has 3 amide bonds. The van der Waals surface area contributed by atoms with Crippen molar-refractivity contribution in [1.82, 2.24) is 9.88 Å². The number of anilines is 1. The summed E-state index contributed by atoms with van der Waals surface area (Å²) in [6.45, 7) is 3.20. The van der Waals surface area contributed by atoms with Crippen molar-refractivity contribution in [1.29, 1.82) is 0 Å². The van der Waals surface area contributed by atoms with Gasteiger partial charge in [0.15, 0.2) is 5.13 Å². The minimum absolute atomic E-state index is 0.0899. The summed E-state index contributed by atoms with van der Waals surface area (Å²) in [7, 11) is 0. The molecule has 0 fully saturated rings. The number of benzene rings is 2. The number of carbonyl (C=O) groups is 3. The van der Waals surface area contributed by atoms with E-state index in [4.69, 9.17) is 0 Å². The van der Waals surface area contributed by atoms with Gasteiger partial charge in [-0.2, -0.15) is 0 Å². The van der Waals surface area contributed by atoms with Gasteiger partial charge in [0.2, 0.25) is 5.91 Å². The highest BCUT2D eigenvalue weighted by molar-refractivity contribution is 7.14. The summed E-state index contributed by atoms with van der Waals surface area (Å²) in [6.07, 6.45) is 1.51. The number of imide groups is 1. The zero-order valence-corrected chi connectivity index (χ0v) is 17.4. The Hall–Kier alpha value is -4.18. The summed E-state index contributed by atoms with van der Waals surface area (Å²) in [6, 6.07) is 13.2. The third kappa shape index (κ3) is 3.67. The highest BCUT2D eigenvalue weighted by atomic mass is 32.1. The molecule has 1 aliphatic heterocycles. The smallest absolute Gasteiger partial charge is 0.282 e. The number of rotatable bonds is 7. The Morgan fingerprint density at radius 3 is 2.59 bits per heavy atom. The van der Waals surface area contributed by atoms with Gasteiger partial charge in [-0.1, -0.05) is 42.5 Å². The zero-order valence-electron chi connectivity index (χ0n) is 16.6. The molecule has 0 saturated carbocycles. The fraction of sp³-hybridized carbons (Fsp3) is 0.0909. The topological polar surface area (TPSA) is 114 Å². The number of hydrogen-bond acceptors (Lipinski definition) is 7. The van der Waals surface area contributed by atoms with Crippen molar-refractivity contribution >= 4 is 39.9 Å². The molecule has 0 N–H and O–H groups in total. The van der Waals surface area contributed by atoms with E-state index < -0.39 is 34.9 Å². The van der Waals surface area contributed by atoms with Gasteiger partial charge in [0.25, 0.3) is 17.5 Å². The maximum Gasteiger partial charge on any atom is 0.282 e. The van der Waals surface area contributed by atoms with Crippen molar-refractivity contribution in [2.75, 3.05) is 18.0 Å². The third-order valence-electron chi connectivity index (χ3n) is 4.87. The second-order valence-corrected chi connectivity index (χ2v) is 7.66. The van der Waals surface area contributed by atoms with Gasteiger partial charge in [-0.15, -0.1) is 17.9 Å². The summed E-state index contributed by atoms with van der Waals surface area (Å²) in [5.41, 5.74) is 0.711. The minimum atomic E-state index is -0.867. The van der Waals surface area contributed by atoms with E-state index in [1.54, 1.807) is 5.38 Å². The molecule has 0 radical (unpaired) electrons. The molecule has 160 valence electrons. The fourth-order valence-electron chi connectivity index (χ4n) is 3.38. The molecule has 0 aliphatic carbocycles. The first kappa shape index (κ1) is 21.1. The first-order valence-corrected chi connectivity index (χ1v) is 10.4. The molecule has 0 atom stereocenters. The fourth-order valence-corrected chi connectivity index (χ4v) is 4.24. The van der Waals surface area contributed by atoms with E-state index in [1.807, 2.05) is 30.3 Å². The van der Waals surface area contributed by atoms with Gasteiger partial charge in [0, 0.05) is 23.6 Å². The predicted molar refractivity (Wildman–Crippen MR) is 119 cm³/mol. The van der Waals surface area contributed by atoms with Gasteiger partial charge in [0.1, 0.15) is 12.1 Å². The number of nitro groups is 1. The van der Waals surface area contributed by atoms with Gasteiger partial charge in [-0.3, -0.25) is 34.3 Å². The summed E-state index contributed by atoms with van der Waals surface area (Å²) < 4.78 is 0. The molecule has 9 nitrogen and oxygen atoms in total. The molecule has 0 unspecified atom stereocenters. The molecule has 4 rings (SSSR count). The molecule has 1 aromatic heterocycles. The van der Waals surface area contributed by atoms with Gasteiger partial charge in [-0.25, -0.2) is 4.98 Å². The van der Waals surface area contributed by atoms with E-state index in [-0.39, 0.29) is 17.7 Å². The van der Waals surface area contributed by atoms with E-state index in [9.17, 15) is 24.5 Å². The first-order chi connectivity index (χ1) is 15.4. The Morgan fingerprint density at radius 1 is 1.16 bits per heavy atom. The number of carbonyl (C=O) groups excluding carboxylic acids is 3. The Bertz CT molecular complexity index is 1250. The SMILES string of the molecule is C=CCN(C(=O)CN1C(=O)c2cccc([N+](=O)[O-])c2C1=O)c1nc(-c2ccccc2)cs1. The Balaban J connectivity index is 1.59. The number of hydrogen-bond donors (Lipinski definition) is 0. The number of aromatic nitrogens is 1. The van der Waals surface area contributed by atoms with Crippen LogP contribution in [0.15, 0.2) is 66.6 Å². The molecule has 2 heterocycles. The van der Waals surface area contributed by atoms with Crippen LogP contribution in [0.5, 0.6) is 0 Å². The molecule has 0 bridgehead atoms. The normalized spacial score (nSPS) is 12.6. The molecular formula is C22H16N4O5S. The molecule has 10 heteroatoms. The monoisotopic (exact) mass is 448 g/mol. The number of thiazole rings is 1. The molecule has 0 saturated heterocycles. The lowest BCUT2D eigenvalue weighted by atomic mass is 10.1. The lowest BCUT2D eigenvalue weighted by Gasteiger charge is -2.21. The van der Waals surface area contributed by atoms with Crippen LogP contribution in [-0.2, 0) is 4.79 Å². The van der Waals surface area contributed by atoms with Crippen LogP contribution < -0.4 is 4.90 Å². The van der Waals surface area contributed by atoms with Gasteiger partial charge < -0.3 is 0 Å². The van der Waals surface area contributed by atoms with Crippen molar-refractivity contribution in [3.05, 3.63) is 87.8 Å². The summed E-state index contributed by atoms with van der Waals surface area (Å²) in [5.74, 6) is -2.17. The largest absolute Gasteiger partial charge is 0.283 e. The quantitative estimate of drug-likeness (QED) is 0.236. The van der Waals surface area contributed by atoms with Crippen LogP contribution in [0.3, 0.4) is 0 Å². The van der Waals surface area contributed by atoms with Crippen LogP contribution in [0.25, 0.3) is 11.3 Å². The van der Waals surface area contributed by atoms with Crippen LogP contribution in [0.4, 0.5) is 10.8 Å². The Kier molecular flexibility index (Phi) is 5.61. The van der Waals surface area contributed by atoms with Crippen LogP contribution in [-0.4, -0.2) is 45.6 Å². The molecule has 0 spiro atoms. The second kappa shape index (κ2) is 8.52. The Morgan fingerprint density at radius 2 is 1.91 bits per heavy atom. The van der Waals surface area contributed by atoms with Crippen LogP contribution in [0.1, 0.15) is 20.7 Å². The predicted octanol–water partition coefficient (Wildman–Crippen LogP) is 3.53. The van der Waals surface area contributed by atoms with Crippen molar-refractivity contribution in [2.24, 2.45) is 0 Å². The van der Waals surface area contributed by atoms with Gasteiger partial charge >= 0.3 is 0 Å². The summed E-state index contributed by atoms with van der Waals surface area (Å²) in [4.78, 5) is 55.6. The van der Waals surface area contributed by atoms with Crippen molar-refractivity contribution < 1.29 is 19.3 Å². The third-order valence-corrected chi connectivity index (χ3v) is 5.74. The van der Waals surface area contributed by atoms with Crippen molar-refractivity contribution in [2.45, 2.75) is 0 Å². The molecular weight excluding hydrogens is 432 g/mol. The minimum Gasteiger partial charge on any atom is -0.283 e. The van der Waals surface area contributed by atoms with Crippen LogP contribution in [0, 0.1) is 10.1 Å². The molecule has 32 heavy (non-hydrogen) atoms. The number of fused-ring (bicyclic) bond motifs is 1. The highest BCUT2D eigenvalue weighted by Gasteiger charge is 2.42. The van der Waals surface area contributed by atoms with E-state index in [2.05, 4.69) is 11.6 Å². The maximum atomic E-state index is 13.1. The summed E-state index contributed by atoms with van der Waals surface area (Å²) in [5, 5.41) is 13.5. The van der Waals surface area contributed by atoms with Crippen molar-refractivity contribution in [3.8, 4) is 11.3 Å². The average Bonchev–Trinajstić information content (AvgIpc) is 3.37. The Labute approximate surface area is 186 Å². The lowest BCUT2D eigenvalue weighted by Crippen LogP contribution is -2.43. The molecule has 2 aromatic carbocycles. The standard InChI is InChI=1S/C22H16N4O5S/c1-2-11-24(22-23-16(13-32-22)14-7-4-3-5-8-14)18(27)12-25-20(28)15-9-6-10-17(26(30)31)19(15)21(25)29/h2-10,13H,1,11-12H2. The molecule has 1 aliphatic rings. The van der Waals surface area contributed by atoms with Crippen LogP contribution in [0.2, 0.25) is 0 Å². The lowest BCUT2D eigenvalue weighted by molar-refractivity contribution is -0.385. The second-order valence-electron chi connectivity index (χ2n) is 6.83. The number of amides is 3. The molecule has 3 aromatic rings. The average molecular weight is 448 g/mol. The van der Waals surface area contributed by atoms with E-state index in [0.29, 0.717) is 10.8 Å². The highest BCUT2D eigenvalue weighted by Crippen LogP contribution is 2.31. The first-order valence-electron chi connectivity index (χ1n) is 9.48. The van der Waals surface area contributed by atoms with Gasteiger partial charge in [-0.05, 0) is 6.07 Å². The summed E-state index contributed by atoms with van der Waals surface area (Å²) >= 11 is 1.24. The van der Waals surface area contributed by atoms with E-state index in [1.165, 1.54) is 34.4 Å². The zero-order chi connectivity index (χ0) is 22.8. The van der Waals surface area contributed by atoms with E-state index >= 15 is 0 Å². The maximum absolute atomic E-state index is 13.1. The van der Waals surface area contributed by atoms with Crippen LogP contribution >= 0.6 is 11.3 Å². The number of nitro benzene ring substituents is 1.